The predicted octanol–water partition coefficient (Wildman–Crippen LogP) is 7.47. The number of unbranched alkanes of at least 4 members (excludes halogenated alkanes) is 2. The van der Waals surface area contributed by atoms with E-state index in [9.17, 15) is 0 Å². The second-order valence-corrected chi connectivity index (χ2v) is 9.26. The average Bonchev–Trinajstić information content (AvgIpc) is 2.89. The molecule has 6 rings (SSSR count). The standard InChI is InChI=1S/C32H29N2/c1-34-31-21-11-7-17-27(31)24(28-18-8-12-22-32(28)34)14-4-2-3-13-23-25-15-5-9-19-29(25)33-30-20-10-6-16-26(23)30/h5-12,15-22H,2-4,13-14H2,1H3/q+1. The van der Waals surface area contributed by atoms with Crippen LogP contribution in [0.4, 0.5) is 0 Å². The lowest BCUT2D eigenvalue weighted by molar-refractivity contribution is -0.617. The van der Waals surface area contributed by atoms with Crippen LogP contribution < -0.4 is 4.57 Å². The van der Waals surface area contributed by atoms with Crippen molar-refractivity contribution in [1.82, 2.24) is 4.98 Å². The molecule has 4 aromatic carbocycles. The highest BCUT2D eigenvalue weighted by Crippen LogP contribution is 2.29. The molecule has 0 aliphatic heterocycles. The SMILES string of the molecule is C[n+]1c2ccccc2c(CCCCCc2c3ccccc3nc3ccccc23)c2ccccc21. The van der Waals surface area contributed by atoms with Crippen molar-refractivity contribution in [2.45, 2.75) is 32.1 Å². The summed E-state index contributed by atoms with van der Waals surface area (Å²) in [6, 6.07) is 34.8. The second-order valence-electron chi connectivity index (χ2n) is 9.26. The number of rotatable bonds is 6. The maximum Gasteiger partial charge on any atom is 0.213 e. The van der Waals surface area contributed by atoms with Gasteiger partial charge in [0.1, 0.15) is 7.05 Å². The summed E-state index contributed by atoms with van der Waals surface area (Å²) in [6.45, 7) is 0. The molecule has 0 saturated heterocycles. The highest BCUT2D eigenvalue weighted by molar-refractivity contribution is 5.97. The molecular formula is C32H29N2+. The van der Waals surface area contributed by atoms with Crippen molar-refractivity contribution in [3.63, 3.8) is 0 Å². The maximum absolute atomic E-state index is 4.89. The van der Waals surface area contributed by atoms with Crippen LogP contribution in [-0.4, -0.2) is 4.98 Å². The van der Waals surface area contributed by atoms with Gasteiger partial charge in [-0.2, -0.15) is 4.57 Å². The molecule has 0 amide bonds. The Labute approximate surface area is 200 Å². The smallest absolute Gasteiger partial charge is 0.213 e. The molecule has 0 atom stereocenters. The average molecular weight is 442 g/mol. The number of aryl methyl sites for hydroxylation is 3. The molecule has 0 N–H and O–H groups in total. The fourth-order valence-electron chi connectivity index (χ4n) is 5.56. The zero-order valence-electron chi connectivity index (χ0n) is 19.7. The Morgan fingerprint density at radius 1 is 0.500 bits per heavy atom. The van der Waals surface area contributed by atoms with Crippen LogP contribution in [0, 0.1) is 0 Å². The summed E-state index contributed by atoms with van der Waals surface area (Å²) >= 11 is 0. The van der Waals surface area contributed by atoms with Crippen LogP contribution in [0.5, 0.6) is 0 Å². The van der Waals surface area contributed by atoms with Crippen LogP contribution in [0.2, 0.25) is 0 Å². The number of hydrogen-bond donors (Lipinski definition) is 0. The number of aromatic nitrogens is 2. The highest BCUT2D eigenvalue weighted by atomic mass is 14.9. The van der Waals surface area contributed by atoms with Crippen LogP contribution >= 0.6 is 0 Å². The molecule has 0 spiro atoms. The lowest BCUT2D eigenvalue weighted by Gasteiger charge is -2.12. The number of nitrogens with zero attached hydrogens (tertiary/aromatic N) is 2. The van der Waals surface area contributed by atoms with Gasteiger partial charge in [0.15, 0.2) is 0 Å². The molecule has 2 aromatic heterocycles. The maximum atomic E-state index is 4.89. The number of hydrogen-bond acceptors (Lipinski definition) is 1. The van der Waals surface area contributed by atoms with Crippen molar-refractivity contribution >= 4 is 43.6 Å². The predicted molar refractivity (Wildman–Crippen MR) is 143 cm³/mol. The van der Waals surface area contributed by atoms with E-state index in [0.29, 0.717) is 0 Å². The molecular weight excluding hydrogens is 412 g/mol. The van der Waals surface area contributed by atoms with Crippen LogP contribution in [0.25, 0.3) is 43.6 Å². The first kappa shape index (κ1) is 20.8. The first-order valence-electron chi connectivity index (χ1n) is 12.4. The third-order valence-corrected chi connectivity index (χ3v) is 7.23. The quantitative estimate of drug-likeness (QED) is 0.149. The summed E-state index contributed by atoms with van der Waals surface area (Å²) in [5.74, 6) is 0. The summed E-state index contributed by atoms with van der Waals surface area (Å²) in [7, 11) is 2.18. The third kappa shape index (κ3) is 3.60. The van der Waals surface area contributed by atoms with Crippen molar-refractivity contribution in [3.8, 4) is 0 Å². The van der Waals surface area contributed by atoms with E-state index in [1.165, 1.54) is 63.0 Å². The lowest BCUT2D eigenvalue weighted by atomic mass is 9.95. The lowest BCUT2D eigenvalue weighted by Crippen LogP contribution is -2.30. The molecule has 0 saturated carbocycles. The Kier molecular flexibility index (Phi) is 5.43. The molecule has 6 aromatic rings. The van der Waals surface area contributed by atoms with E-state index >= 15 is 0 Å². The zero-order valence-corrected chi connectivity index (χ0v) is 19.7. The van der Waals surface area contributed by atoms with Gasteiger partial charge in [-0.15, -0.1) is 0 Å². The zero-order chi connectivity index (χ0) is 22.9. The Morgan fingerprint density at radius 2 is 0.912 bits per heavy atom. The fourth-order valence-corrected chi connectivity index (χ4v) is 5.56. The highest BCUT2D eigenvalue weighted by Gasteiger charge is 2.16. The van der Waals surface area contributed by atoms with Gasteiger partial charge >= 0.3 is 0 Å². The molecule has 2 heterocycles. The number of para-hydroxylation sites is 4. The summed E-state index contributed by atoms with van der Waals surface area (Å²) in [5, 5.41) is 5.37. The van der Waals surface area contributed by atoms with Gasteiger partial charge < -0.3 is 0 Å². The van der Waals surface area contributed by atoms with Gasteiger partial charge in [-0.05, 0) is 61.1 Å². The molecule has 0 aliphatic rings. The number of pyridine rings is 2. The van der Waals surface area contributed by atoms with Crippen LogP contribution in [0.3, 0.4) is 0 Å². The van der Waals surface area contributed by atoms with Crippen molar-refractivity contribution in [3.05, 3.63) is 108 Å². The summed E-state index contributed by atoms with van der Waals surface area (Å²) < 4.78 is 2.33. The number of benzene rings is 4. The Morgan fingerprint density at radius 3 is 1.44 bits per heavy atom. The van der Waals surface area contributed by atoms with Crippen molar-refractivity contribution in [2.24, 2.45) is 7.05 Å². The Bertz CT molecular complexity index is 1540. The Hall–Kier alpha value is -3.78. The van der Waals surface area contributed by atoms with Crippen LogP contribution in [0.1, 0.15) is 30.4 Å². The minimum Gasteiger partial charge on any atom is -0.248 e. The first-order valence-corrected chi connectivity index (χ1v) is 12.4. The molecule has 2 heteroatoms. The molecule has 0 aliphatic carbocycles. The molecule has 0 unspecified atom stereocenters. The molecule has 0 bridgehead atoms. The van der Waals surface area contributed by atoms with E-state index < -0.39 is 0 Å². The minimum atomic E-state index is 1.09. The summed E-state index contributed by atoms with van der Waals surface area (Å²) in [5.41, 5.74) is 7.77. The molecule has 0 radical (unpaired) electrons. The van der Waals surface area contributed by atoms with Crippen molar-refractivity contribution in [2.75, 3.05) is 0 Å². The van der Waals surface area contributed by atoms with Gasteiger partial charge in [0.2, 0.25) is 11.0 Å². The van der Waals surface area contributed by atoms with E-state index in [-0.39, 0.29) is 0 Å². The van der Waals surface area contributed by atoms with E-state index in [2.05, 4.69) is 109 Å². The van der Waals surface area contributed by atoms with Crippen molar-refractivity contribution in [1.29, 1.82) is 0 Å². The molecule has 0 fully saturated rings. The van der Waals surface area contributed by atoms with E-state index in [4.69, 9.17) is 4.98 Å². The molecule has 166 valence electrons. The van der Waals surface area contributed by atoms with Crippen LogP contribution in [-0.2, 0) is 19.9 Å². The van der Waals surface area contributed by atoms with Gasteiger partial charge in [-0.1, -0.05) is 67.1 Å². The van der Waals surface area contributed by atoms with Gasteiger partial charge in [-0.25, -0.2) is 4.98 Å². The van der Waals surface area contributed by atoms with E-state index in [0.717, 1.165) is 23.9 Å². The molecule has 34 heavy (non-hydrogen) atoms. The van der Waals surface area contributed by atoms with E-state index in [1.54, 1.807) is 0 Å². The van der Waals surface area contributed by atoms with Gasteiger partial charge in [0.05, 0.1) is 21.8 Å². The first-order chi connectivity index (χ1) is 16.8. The minimum absolute atomic E-state index is 1.09. The Balaban J connectivity index is 1.25. The van der Waals surface area contributed by atoms with Gasteiger partial charge in [-0.3, -0.25) is 0 Å². The van der Waals surface area contributed by atoms with Crippen molar-refractivity contribution < 1.29 is 4.57 Å². The third-order valence-electron chi connectivity index (χ3n) is 7.23. The monoisotopic (exact) mass is 441 g/mol. The van der Waals surface area contributed by atoms with Crippen LogP contribution in [0.15, 0.2) is 97.1 Å². The molecule has 2 nitrogen and oxygen atoms in total. The summed E-state index contributed by atoms with van der Waals surface area (Å²) in [6.07, 6.45) is 5.81. The largest absolute Gasteiger partial charge is 0.248 e. The van der Waals surface area contributed by atoms with E-state index in [1.807, 2.05) is 0 Å². The summed E-state index contributed by atoms with van der Waals surface area (Å²) in [4.78, 5) is 4.89. The van der Waals surface area contributed by atoms with Gasteiger partial charge in [0, 0.05) is 22.9 Å². The van der Waals surface area contributed by atoms with Gasteiger partial charge in [0.25, 0.3) is 0 Å². The number of fused-ring (bicyclic) bond motifs is 4. The fraction of sp³-hybridized carbons (Fsp3) is 0.188. The second kappa shape index (κ2) is 8.87. The topological polar surface area (TPSA) is 16.8 Å². The normalized spacial score (nSPS) is 11.7.